The maximum atomic E-state index is 12.6. The SMILES string of the molecule is CC1CCCC(C)N1C(=O)COc1ccc(C(=O)Nc2ccc(OCC3CCCO3)cc2)cc1. The van der Waals surface area contributed by atoms with Crippen molar-refractivity contribution >= 4 is 17.5 Å². The third-order valence-electron chi connectivity index (χ3n) is 6.53. The lowest BCUT2D eigenvalue weighted by Gasteiger charge is -2.38. The number of benzene rings is 2. The first kappa shape index (κ1) is 24.1. The van der Waals surface area contributed by atoms with E-state index in [-0.39, 0.29) is 36.6 Å². The number of ether oxygens (including phenoxy) is 3. The van der Waals surface area contributed by atoms with E-state index in [0.29, 0.717) is 23.6 Å². The molecule has 0 aliphatic carbocycles. The van der Waals surface area contributed by atoms with E-state index in [1.54, 1.807) is 24.3 Å². The molecule has 0 bridgehead atoms. The molecule has 182 valence electrons. The van der Waals surface area contributed by atoms with Crippen LogP contribution in [0.15, 0.2) is 48.5 Å². The van der Waals surface area contributed by atoms with E-state index < -0.39 is 0 Å². The molecule has 34 heavy (non-hydrogen) atoms. The second-order valence-corrected chi connectivity index (χ2v) is 9.17. The molecular weight excluding hydrogens is 432 g/mol. The van der Waals surface area contributed by atoms with Gasteiger partial charge < -0.3 is 24.4 Å². The molecule has 7 nitrogen and oxygen atoms in total. The van der Waals surface area contributed by atoms with Crippen molar-refractivity contribution in [3.05, 3.63) is 54.1 Å². The first-order valence-electron chi connectivity index (χ1n) is 12.2. The van der Waals surface area contributed by atoms with Gasteiger partial charge in [0.25, 0.3) is 11.8 Å². The number of hydrogen-bond donors (Lipinski definition) is 1. The summed E-state index contributed by atoms with van der Waals surface area (Å²) in [6.07, 6.45) is 5.51. The summed E-state index contributed by atoms with van der Waals surface area (Å²) in [6.45, 7) is 5.53. The van der Waals surface area contributed by atoms with Crippen LogP contribution in [0.5, 0.6) is 11.5 Å². The second-order valence-electron chi connectivity index (χ2n) is 9.17. The van der Waals surface area contributed by atoms with Crippen LogP contribution in [0.3, 0.4) is 0 Å². The molecule has 2 aromatic rings. The molecule has 4 rings (SSSR count). The summed E-state index contributed by atoms with van der Waals surface area (Å²) in [5.41, 5.74) is 1.20. The van der Waals surface area contributed by atoms with Crippen molar-refractivity contribution in [3.8, 4) is 11.5 Å². The zero-order valence-electron chi connectivity index (χ0n) is 20.0. The zero-order valence-corrected chi connectivity index (χ0v) is 20.0. The lowest BCUT2D eigenvalue weighted by Crippen LogP contribution is -2.49. The number of carbonyl (C=O) groups is 2. The Kier molecular flexibility index (Phi) is 8.06. The Bertz CT molecular complexity index is 944. The van der Waals surface area contributed by atoms with Crippen molar-refractivity contribution in [1.29, 1.82) is 0 Å². The molecule has 2 fully saturated rings. The van der Waals surface area contributed by atoms with Gasteiger partial charge in [-0.2, -0.15) is 0 Å². The number of anilines is 1. The van der Waals surface area contributed by atoms with Gasteiger partial charge in [0, 0.05) is 29.9 Å². The highest BCUT2D eigenvalue weighted by molar-refractivity contribution is 6.04. The largest absolute Gasteiger partial charge is 0.491 e. The number of rotatable bonds is 8. The summed E-state index contributed by atoms with van der Waals surface area (Å²) in [4.78, 5) is 27.2. The molecule has 2 aromatic carbocycles. The lowest BCUT2D eigenvalue weighted by atomic mass is 9.97. The predicted molar refractivity (Wildman–Crippen MR) is 130 cm³/mol. The van der Waals surface area contributed by atoms with E-state index >= 15 is 0 Å². The number of nitrogens with zero attached hydrogens (tertiary/aromatic N) is 1. The topological polar surface area (TPSA) is 77.1 Å². The first-order valence-corrected chi connectivity index (χ1v) is 12.2. The highest BCUT2D eigenvalue weighted by Crippen LogP contribution is 2.23. The Morgan fingerprint density at radius 2 is 1.56 bits per heavy atom. The molecule has 0 spiro atoms. The van der Waals surface area contributed by atoms with E-state index in [1.165, 1.54) is 0 Å². The summed E-state index contributed by atoms with van der Waals surface area (Å²) in [5.74, 6) is 1.10. The average molecular weight is 467 g/mol. The van der Waals surface area contributed by atoms with Gasteiger partial charge in [0.1, 0.15) is 18.1 Å². The minimum Gasteiger partial charge on any atom is -0.491 e. The quantitative estimate of drug-likeness (QED) is 0.612. The first-order chi connectivity index (χ1) is 16.5. The fourth-order valence-corrected chi connectivity index (χ4v) is 4.64. The molecule has 2 amide bonds. The Morgan fingerprint density at radius 3 is 2.21 bits per heavy atom. The molecule has 2 heterocycles. The molecule has 3 unspecified atom stereocenters. The number of likely N-dealkylation sites (tertiary alicyclic amines) is 1. The standard InChI is InChI=1S/C27H34N2O5/c1-19-5-3-6-20(2)29(19)26(30)18-34-23-12-8-21(9-13-23)27(31)28-22-10-14-24(15-11-22)33-17-25-7-4-16-32-25/h8-15,19-20,25H,3-7,16-18H2,1-2H3,(H,28,31). The Hall–Kier alpha value is -3.06. The van der Waals surface area contributed by atoms with Crippen LogP contribution in [-0.4, -0.2) is 54.7 Å². The summed E-state index contributed by atoms with van der Waals surface area (Å²) >= 11 is 0. The molecule has 3 atom stereocenters. The van der Waals surface area contributed by atoms with Gasteiger partial charge in [0.2, 0.25) is 0 Å². The van der Waals surface area contributed by atoms with E-state index in [0.717, 1.165) is 44.5 Å². The van der Waals surface area contributed by atoms with Gasteiger partial charge in [-0.3, -0.25) is 9.59 Å². The van der Waals surface area contributed by atoms with Gasteiger partial charge in [0.05, 0.1) is 6.10 Å². The van der Waals surface area contributed by atoms with Crippen molar-refractivity contribution in [2.75, 3.05) is 25.1 Å². The van der Waals surface area contributed by atoms with Gasteiger partial charge in [-0.15, -0.1) is 0 Å². The molecule has 2 aliphatic heterocycles. The number of hydrogen-bond acceptors (Lipinski definition) is 5. The fraction of sp³-hybridized carbons (Fsp3) is 0.481. The van der Waals surface area contributed by atoms with Crippen molar-refractivity contribution in [2.45, 2.75) is 64.1 Å². The van der Waals surface area contributed by atoms with Gasteiger partial charge in [-0.1, -0.05) is 0 Å². The number of nitrogens with one attached hydrogen (secondary N) is 1. The van der Waals surface area contributed by atoms with Gasteiger partial charge in [-0.25, -0.2) is 0 Å². The van der Waals surface area contributed by atoms with Crippen LogP contribution in [-0.2, 0) is 9.53 Å². The Morgan fingerprint density at radius 1 is 0.912 bits per heavy atom. The van der Waals surface area contributed by atoms with Gasteiger partial charge in [0.15, 0.2) is 6.61 Å². The van der Waals surface area contributed by atoms with Crippen LogP contribution in [0.2, 0.25) is 0 Å². The highest BCUT2D eigenvalue weighted by atomic mass is 16.5. The molecular formula is C27H34N2O5. The Labute approximate surface area is 201 Å². The van der Waals surface area contributed by atoms with Crippen molar-refractivity contribution < 1.29 is 23.8 Å². The van der Waals surface area contributed by atoms with Gasteiger partial charge >= 0.3 is 0 Å². The molecule has 2 saturated heterocycles. The third-order valence-corrected chi connectivity index (χ3v) is 6.53. The zero-order chi connectivity index (χ0) is 23.9. The Balaban J connectivity index is 1.24. The van der Waals surface area contributed by atoms with Crippen LogP contribution in [0.25, 0.3) is 0 Å². The predicted octanol–water partition coefficient (Wildman–Crippen LogP) is 4.67. The van der Waals surface area contributed by atoms with Gasteiger partial charge in [-0.05, 0) is 94.5 Å². The highest BCUT2D eigenvalue weighted by Gasteiger charge is 2.29. The van der Waals surface area contributed by atoms with Crippen LogP contribution in [0.1, 0.15) is 56.3 Å². The minimum atomic E-state index is -0.216. The molecule has 1 N–H and O–H groups in total. The summed E-state index contributed by atoms with van der Waals surface area (Å²) in [5, 5.41) is 2.88. The van der Waals surface area contributed by atoms with Crippen LogP contribution in [0.4, 0.5) is 5.69 Å². The number of piperidine rings is 1. The summed E-state index contributed by atoms with van der Waals surface area (Å²) in [6, 6.07) is 14.6. The second kappa shape index (κ2) is 11.4. The smallest absolute Gasteiger partial charge is 0.260 e. The molecule has 0 aromatic heterocycles. The van der Waals surface area contributed by atoms with Crippen LogP contribution >= 0.6 is 0 Å². The lowest BCUT2D eigenvalue weighted by molar-refractivity contribution is -0.139. The minimum absolute atomic E-state index is 0.00150. The molecule has 0 radical (unpaired) electrons. The molecule has 0 saturated carbocycles. The van der Waals surface area contributed by atoms with Crippen LogP contribution < -0.4 is 14.8 Å². The maximum absolute atomic E-state index is 12.6. The summed E-state index contributed by atoms with van der Waals surface area (Å²) in [7, 11) is 0. The van der Waals surface area contributed by atoms with E-state index in [9.17, 15) is 9.59 Å². The van der Waals surface area contributed by atoms with Crippen molar-refractivity contribution in [1.82, 2.24) is 4.90 Å². The van der Waals surface area contributed by atoms with Crippen molar-refractivity contribution in [2.24, 2.45) is 0 Å². The number of carbonyl (C=O) groups excluding carboxylic acids is 2. The van der Waals surface area contributed by atoms with Crippen LogP contribution in [0, 0.1) is 0 Å². The molecule has 7 heteroatoms. The van der Waals surface area contributed by atoms with Crippen molar-refractivity contribution in [3.63, 3.8) is 0 Å². The summed E-state index contributed by atoms with van der Waals surface area (Å²) < 4.78 is 17.0. The normalized spacial score (nSPS) is 22.3. The molecule has 2 aliphatic rings. The monoisotopic (exact) mass is 466 g/mol. The fourth-order valence-electron chi connectivity index (χ4n) is 4.64. The van der Waals surface area contributed by atoms with E-state index in [4.69, 9.17) is 14.2 Å². The third kappa shape index (κ3) is 6.29. The van der Waals surface area contributed by atoms with E-state index in [2.05, 4.69) is 19.2 Å². The number of amides is 2. The average Bonchev–Trinajstić information content (AvgIpc) is 3.36. The maximum Gasteiger partial charge on any atom is 0.260 e. The van der Waals surface area contributed by atoms with E-state index in [1.807, 2.05) is 29.2 Å².